The Morgan fingerprint density at radius 3 is 1.38 bits per heavy atom. The number of amides is 2. The van der Waals surface area contributed by atoms with Gasteiger partial charge in [0.25, 0.3) is 11.8 Å². The van der Waals surface area contributed by atoms with Crippen LogP contribution in [0.3, 0.4) is 0 Å². The second-order valence-corrected chi connectivity index (χ2v) is 6.77. The maximum atomic E-state index is 12.0. The molecule has 0 saturated heterocycles. The highest BCUT2D eigenvalue weighted by molar-refractivity contribution is 6.11. The Hall–Kier alpha value is -4.26. The summed E-state index contributed by atoms with van der Waals surface area (Å²) >= 11 is 0. The summed E-state index contributed by atoms with van der Waals surface area (Å²) in [4.78, 5) is 23.8. The lowest BCUT2D eigenvalue weighted by molar-refractivity contribution is 0.0920. The van der Waals surface area contributed by atoms with E-state index in [0.29, 0.717) is 5.56 Å². The number of hydrogen-bond donors (Lipinski definition) is 4. The summed E-state index contributed by atoms with van der Waals surface area (Å²) in [6.45, 7) is 0. The first-order valence-corrected chi connectivity index (χ1v) is 9.96. The molecule has 6 nitrogen and oxygen atoms in total. The lowest BCUT2D eigenvalue weighted by Gasteiger charge is -2.12. The Kier molecular flexibility index (Phi) is 7.86. The summed E-state index contributed by atoms with van der Waals surface area (Å²) in [5.74, 6) is 9.23. The van der Waals surface area contributed by atoms with Gasteiger partial charge in [0.15, 0.2) is 0 Å². The summed E-state index contributed by atoms with van der Waals surface area (Å²) in [6, 6.07) is 34.9. The van der Waals surface area contributed by atoms with Gasteiger partial charge in [0, 0.05) is 0 Å². The predicted octanol–water partition coefficient (Wildman–Crippen LogP) is 3.91. The normalized spacial score (nSPS) is 9.81. The second-order valence-electron chi connectivity index (χ2n) is 6.77. The monoisotopic (exact) mass is 424 g/mol. The number of hydrogen-bond acceptors (Lipinski definition) is 4. The van der Waals surface area contributed by atoms with Gasteiger partial charge in [-0.1, -0.05) is 103 Å². The van der Waals surface area contributed by atoms with Crippen molar-refractivity contribution in [3.63, 3.8) is 0 Å². The third-order valence-corrected chi connectivity index (χ3v) is 4.76. The molecule has 0 fully saturated rings. The molecule has 4 rings (SSSR count). The first-order chi connectivity index (χ1) is 15.7. The molecule has 0 aliphatic carbocycles. The van der Waals surface area contributed by atoms with E-state index in [9.17, 15) is 9.59 Å². The molecule has 0 bridgehead atoms. The van der Waals surface area contributed by atoms with E-state index in [1.165, 1.54) is 17.2 Å². The van der Waals surface area contributed by atoms with Crippen LogP contribution in [0.2, 0.25) is 0 Å². The van der Waals surface area contributed by atoms with Crippen molar-refractivity contribution in [1.82, 2.24) is 10.9 Å². The molecule has 0 unspecified atom stereocenters. The van der Waals surface area contributed by atoms with Crippen LogP contribution in [0.5, 0.6) is 0 Å². The topological polar surface area (TPSA) is 110 Å². The van der Waals surface area contributed by atoms with Crippen molar-refractivity contribution < 1.29 is 9.59 Å². The van der Waals surface area contributed by atoms with Gasteiger partial charge in [-0.25, -0.2) is 11.7 Å². The Morgan fingerprint density at radius 2 is 0.938 bits per heavy atom. The lowest BCUT2D eigenvalue weighted by Crippen LogP contribution is -2.35. The van der Waals surface area contributed by atoms with Gasteiger partial charge in [0.1, 0.15) is 0 Å². The van der Waals surface area contributed by atoms with Gasteiger partial charge in [-0.3, -0.25) is 20.4 Å². The van der Waals surface area contributed by atoms with Crippen LogP contribution in [0.25, 0.3) is 22.3 Å². The molecule has 4 aromatic rings. The van der Waals surface area contributed by atoms with Gasteiger partial charge in [-0.05, 0) is 28.3 Å². The smallest absolute Gasteiger partial charge is 0.266 e. The van der Waals surface area contributed by atoms with E-state index in [-0.39, 0.29) is 11.1 Å². The van der Waals surface area contributed by atoms with Gasteiger partial charge in [0.2, 0.25) is 0 Å². The molecular formula is C26H24N4O2. The minimum Gasteiger partial charge on any atom is -0.290 e. The molecule has 0 aliphatic heterocycles. The predicted molar refractivity (Wildman–Crippen MR) is 127 cm³/mol. The number of nitrogen functional groups attached to an aromatic ring is 2. The molecule has 0 atom stereocenters. The Morgan fingerprint density at radius 1 is 0.500 bits per heavy atom. The van der Waals surface area contributed by atoms with Crippen LogP contribution < -0.4 is 22.5 Å². The van der Waals surface area contributed by atoms with Gasteiger partial charge < -0.3 is 0 Å². The van der Waals surface area contributed by atoms with E-state index >= 15 is 0 Å². The van der Waals surface area contributed by atoms with Gasteiger partial charge in [-0.2, -0.15) is 0 Å². The molecule has 6 N–H and O–H groups in total. The lowest BCUT2D eigenvalue weighted by atomic mass is 9.94. The molecule has 0 heterocycles. The second kappa shape index (κ2) is 11.2. The molecule has 0 aromatic heterocycles. The van der Waals surface area contributed by atoms with Gasteiger partial charge in [0.05, 0.1) is 11.1 Å². The first-order valence-electron chi connectivity index (χ1n) is 9.96. The number of carbonyl (C=O) groups is 2. The fourth-order valence-corrected chi connectivity index (χ4v) is 3.26. The number of nitrogens with one attached hydrogen (secondary N) is 2. The Balaban J connectivity index is 0.000000204. The van der Waals surface area contributed by atoms with Crippen molar-refractivity contribution in [3.05, 3.63) is 120 Å². The maximum Gasteiger partial charge on any atom is 0.266 e. The molecule has 0 spiro atoms. The third kappa shape index (κ3) is 5.46. The van der Waals surface area contributed by atoms with Crippen molar-refractivity contribution >= 4 is 11.8 Å². The fraction of sp³-hybridized carbons (Fsp3) is 0. The molecule has 0 radical (unpaired) electrons. The average Bonchev–Trinajstić information content (AvgIpc) is 2.89. The van der Waals surface area contributed by atoms with Gasteiger partial charge in [-0.15, -0.1) is 0 Å². The first kappa shape index (κ1) is 22.4. The van der Waals surface area contributed by atoms with E-state index < -0.39 is 11.8 Å². The van der Waals surface area contributed by atoms with Crippen LogP contribution >= 0.6 is 0 Å². The summed E-state index contributed by atoms with van der Waals surface area (Å²) < 4.78 is 0. The highest BCUT2D eigenvalue weighted by Crippen LogP contribution is 2.26. The van der Waals surface area contributed by atoms with E-state index in [0.717, 1.165) is 5.56 Å². The van der Waals surface area contributed by atoms with Crippen LogP contribution in [0, 0.1) is 0 Å². The van der Waals surface area contributed by atoms with Crippen molar-refractivity contribution in [2.24, 2.45) is 11.7 Å². The average molecular weight is 425 g/mol. The Labute approximate surface area is 186 Å². The molecule has 0 aliphatic rings. The van der Waals surface area contributed by atoms with E-state index in [4.69, 9.17) is 11.7 Å². The standard InChI is InChI=1S/C14H14N4O2.C12H10/c15-17-13(19)11-8-4-7-10(12(11)14(20)18-16)9-5-2-1-3-6-9;1-3-7-11(8-4-1)12-9-5-2-6-10-12/h1-8H,15-16H2,(H,17,19)(H,18,20);1-10H. The number of rotatable bonds is 4. The summed E-state index contributed by atoms with van der Waals surface area (Å²) in [7, 11) is 0. The molecule has 4 aromatic carbocycles. The van der Waals surface area contributed by atoms with E-state index in [1.807, 2.05) is 47.9 Å². The molecule has 160 valence electrons. The molecule has 2 amide bonds. The molecule has 32 heavy (non-hydrogen) atoms. The summed E-state index contributed by atoms with van der Waals surface area (Å²) in [5.41, 5.74) is 8.38. The molecular weight excluding hydrogens is 400 g/mol. The van der Waals surface area contributed by atoms with Crippen molar-refractivity contribution in [1.29, 1.82) is 0 Å². The number of benzene rings is 4. The summed E-state index contributed by atoms with van der Waals surface area (Å²) in [5, 5.41) is 0. The van der Waals surface area contributed by atoms with Crippen LogP contribution in [-0.4, -0.2) is 11.8 Å². The van der Waals surface area contributed by atoms with Crippen molar-refractivity contribution in [3.8, 4) is 22.3 Å². The zero-order chi connectivity index (χ0) is 22.8. The van der Waals surface area contributed by atoms with Gasteiger partial charge >= 0.3 is 0 Å². The zero-order valence-corrected chi connectivity index (χ0v) is 17.4. The maximum absolute atomic E-state index is 12.0. The fourth-order valence-electron chi connectivity index (χ4n) is 3.26. The van der Waals surface area contributed by atoms with Crippen molar-refractivity contribution in [2.75, 3.05) is 0 Å². The highest BCUT2D eigenvalue weighted by atomic mass is 16.2. The largest absolute Gasteiger partial charge is 0.290 e. The molecule has 0 saturated carbocycles. The minimum atomic E-state index is -0.554. The highest BCUT2D eigenvalue weighted by Gasteiger charge is 2.20. The van der Waals surface area contributed by atoms with E-state index in [2.05, 4.69) is 54.0 Å². The van der Waals surface area contributed by atoms with Crippen LogP contribution in [-0.2, 0) is 0 Å². The summed E-state index contributed by atoms with van der Waals surface area (Å²) in [6.07, 6.45) is 0. The number of hydrazine groups is 2. The number of carbonyl (C=O) groups excluding carboxylic acids is 2. The Bertz CT molecular complexity index is 1130. The number of nitrogens with two attached hydrogens (primary N) is 2. The quantitative estimate of drug-likeness (QED) is 0.226. The van der Waals surface area contributed by atoms with Crippen molar-refractivity contribution in [2.45, 2.75) is 0 Å². The van der Waals surface area contributed by atoms with Crippen LogP contribution in [0.15, 0.2) is 109 Å². The zero-order valence-electron chi connectivity index (χ0n) is 17.4. The molecule has 6 heteroatoms. The van der Waals surface area contributed by atoms with Crippen LogP contribution in [0.1, 0.15) is 20.7 Å². The van der Waals surface area contributed by atoms with E-state index in [1.54, 1.807) is 12.1 Å². The minimum absolute atomic E-state index is 0.164. The van der Waals surface area contributed by atoms with Crippen LogP contribution in [0.4, 0.5) is 0 Å². The SMILES string of the molecule is NNC(=O)c1cccc(-c2ccccc2)c1C(=O)NN.c1ccc(-c2ccccc2)cc1. The third-order valence-electron chi connectivity index (χ3n) is 4.76.